The standard InChI is InChI=1S/C10H6BrF2N3/c11-8-7(12)2-1-6(9(8)13)5-3-15-10(14)16-4-5/h1-4H,(H2,14,15,16). The van der Waals surface area contributed by atoms with Gasteiger partial charge in [-0.2, -0.15) is 0 Å². The van der Waals surface area contributed by atoms with Crippen LogP contribution < -0.4 is 5.73 Å². The summed E-state index contributed by atoms with van der Waals surface area (Å²) >= 11 is 2.83. The molecule has 0 radical (unpaired) electrons. The molecule has 0 aliphatic rings. The van der Waals surface area contributed by atoms with Crippen molar-refractivity contribution >= 4 is 21.9 Å². The van der Waals surface area contributed by atoms with Gasteiger partial charge in [-0.1, -0.05) is 0 Å². The summed E-state index contributed by atoms with van der Waals surface area (Å²) < 4.78 is 26.5. The van der Waals surface area contributed by atoms with E-state index in [1.54, 1.807) is 0 Å². The predicted octanol–water partition coefficient (Wildman–Crippen LogP) is 2.77. The molecule has 16 heavy (non-hydrogen) atoms. The summed E-state index contributed by atoms with van der Waals surface area (Å²) in [4.78, 5) is 7.48. The van der Waals surface area contributed by atoms with E-state index < -0.39 is 11.6 Å². The third kappa shape index (κ3) is 1.88. The minimum Gasteiger partial charge on any atom is -0.368 e. The van der Waals surface area contributed by atoms with Crippen molar-refractivity contribution in [2.24, 2.45) is 0 Å². The highest BCUT2D eigenvalue weighted by molar-refractivity contribution is 9.10. The van der Waals surface area contributed by atoms with Crippen LogP contribution in [0.5, 0.6) is 0 Å². The van der Waals surface area contributed by atoms with E-state index in [1.165, 1.54) is 24.5 Å². The number of rotatable bonds is 1. The lowest BCUT2D eigenvalue weighted by Crippen LogP contribution is -1.95. The van der Waals surface area contributed by atoms with Crippen molar-refractivity contribution in [3.8, 4) is 11.1 Å². The Balaban J connectivity index is 2.57. The number of hydrogen-bond donors (Lipinski definition) is 1. The molecular formula is C10H6BrF2N3. The molecule has 0 fully saturated rings. The van der Waals surface area contributed by atoms with Crippen molar-refractivity contribution in [2.75, 3.05) is 5.73 Å². The van der Waals surface area contributed by atoms with Gasteiger partial charge in [0.2, 0.25) is 5.95 Å². The molecule has 0 aliphatic heterocycles. The summed E-state index contributed by atoms with van der Waals surface area (Å²) in [5.41, 5.74) is 5.96. The molecule has 1 aromatic heterocycles. The molecule has 2 N–H and O–H groups in total. The zero-order valence-electron chi connectivity index (χ0n) is 7.92. The van der Waals surface area contributed by atoms with Crippen molar-refractivity contribution in [3.63, 3.8) is 0 Å². The summed E-state index contributed by atoms with van der Waals surface area (Å²) in [7, 11) is 0. The Kier molecular flexibility index (Phi) is 2.82. The fraction of sp³-hybridized carbons (Fsp3) is 0. The van der Waals surface area contributed by atoms with Gasteiger partial charge >= 0.3 is 0 Å². The first-order valence-electron chi connectivity index (χ1n) is 4.31. The van der Waals surface area contributed by atoms with Crippen LogP contribution in [0.3, 0.4) is 0 Å². The van der Waals surface area contributed by atoms with Gasteiger partial charge in [0.1, 0.15) is 11.6 Å². The van der Waals surface area contributed by atoms with Crippen LogP contribution in [0.1, 0.15) is 0 Å². The van der Waals surface area contributed by atoms with Gasteiger partial charge in [-0.25, -0.2) is 18.7 Å². The van der Waals surface area contributed by atoms with Crippen LogP contribution in [-0.4, -0.2) is 9.97 Å². The van der Waals surface area contributed by atoms with Crippen LogP contribution in [0, 0.1) is 11.6 Å². The number of benzene rings is 1. The summed E-state index contributed by atoms with van der Waals surface area (Å²) in [5.74, 6) is -1.24. The lowest BCUT2D eigenvalue weighted by atomic mass is 10.1. The Hall–Kier alpha value is -1.56. The summed E-state index contributed by atoms with van der Waals surface area (Å²) in [5, 5.41) is 0. The van der Waals surface area contributed by atoms with Crippen LogP contribution in [0.4, 0.5) is 14.7 Å². The smallest absolute Gasteiger partial charge is 0.219 e. The number of aromatic nitrogens is 2. The van der Waals surface area contributed by atoms with Crippen molar-refractivity contribution in [1.82, 2.24) is 9.97 Å². The van der Waals surface area contributed by atoms with E-state index in [-0.39, 0.29) is 16.0 Å². The molecule has 0 aliphatic carbocycles. The lowest BCUT2D eigenvalue weighted by Gasteiger charge is -2.05. The average Bonchev–Trinajstić information content (AvgIpc) is 2.28. The molecule has 3 nitrogen and oxygen atoms in total. The van der Waals surface area contributed by atoms with Crippen LogP contribution in [0.2, 0.25) is 0 Å². The number of anilines is 1. The van der Waals surface area contributed by atoms with E-state index in [9.17, 15) is 8.78 Å². The first-order chi connectivity index (χ1) is 7.59. The lowest BCUT2D eigenvalue weighted by molar-refractivity contribution is 0.574. The van der Waals surface area contributed by atoms with Gasteiger partial charge in [-0.05, 0) is 28.1 Å². The Morgan fingerprint density at radius 3 is 2.38 bits per heavy atom. The Morgan fingerprint density at radius 1 is 1.12 bits per heavy atom. The molecule has 0 saturated heterocycles. The number of nitrogen functional groups attached to an aromatic ring is 1. The largest absolute Gasteiger partial charge is 0.368 e. The molecule has 0 unspecified atom stereocenters. The molecule has 6 heteroatoms. The van der Waals surface area contributed by atoms with Crippen molar-refractivity contribution in [2.45, 2.75) is 0 Å². The maximum Gasteiger partial charge on any atom is 0.219 e. The number of halogens is 3. The number of hydrogen-bond acceptors (Lipinski definition) is 3. The minimum atomic E-state index is -0.687. The van der Waals surface area contributed by atoms with Gasteiger partial charge in [0.25, 0.3) is 0 Å². The fourth-order valence-corrected chi connectivity index (χ4v) is 1.57. The molecule has 1 heterocycles. The molecule has 0 bridgehead atoms. The summed E-state index contributed by atoms with van der Waals surface area (Å²) in [6.07, 6.45) is 2.76. The number of nitrogens with zero attached hydrogens (tertiary/aromatic N) is 2. The van der Waals surface area contributed by atoms with E-state index in [0.717, 1.165) is 0 Å². The second-order valence-corrected chi connectivity index (χ2v) is 3.85. The van der Waals surface area contributed by atoms with Crippen LogP contribution >= 0.6 is 15.9 Å². The topological polar surface area (TPSA) is 51.8 Å². The second-order valence-electron chi connectivity index (χ2n) is 3.05. The highest BCUT2D eigenvalue weighted by atomic mass is 79.9. The molecule has 2 rings (SSSR count). The quantitative estimate of drug-likeness (QED) is 0.820. The van der Waals surface area contributed by atoms with Gasteiger partial charge in [0, 0.05) is 23.5 Å². The summed E-state index contributed by atoms with van der Waals surface area (Å²) in [6.45, 7) is 0. The van der Waals surface area contributed by atoms with Gasteiger partial charge in [0.05, 0.1) is 4.47 Å². The van der Waals surface area contributed by atoms with Gasteiger partial charge in [-0.15, -0.1) is 0 Å². The first-order valence-corrected chi connectivity index (χ1v) is 5.10. The highest BCUT2D eigenvalue weighted by Crippen LogP contribution is 2.29. The maximum absolute atomic E-state index is 13.7. The molecule has 0 saturated carbocycles. The molecule has 2 aromatic rings. The summed E-state index contributed by atoms with van der Waals surface area (Å²) in [6, 6.07) is 2.49. The van der Waals surface area contributed by atoms with Crippen LogP contribution in [-0.2, 0) is 0 Å². The predicted molar refractivity (Wildman–Crippen MR) is 59.5 cm³/mol. The first kappa shape index (κ1) is 10.9. The molecule has 0 atom stereocenters. The molecule has 0 spiro atoms. The normalized spacial score (nSPS) is 10.4. The zero-order chi connectivity index (χ0) is 11.7. The molecule has 1 aromatic carbocycles. The van der Waals surface area contributed by atoms with Crippen molar-refractivity contribution in [3.05, 3.63) is 40.6 Å². The van der Waals surface area contributed by atoms with Gasteiger partial charge in [0.15, 0.2) is 0 Å². The molecule has 0 amide bonds. The van der Waals surface area contributed by atoms with Gasteiger partial charge < -0.3 is 5.73 Å². The Labute approximate surface area is 98.5 Å². The third-order valence-electron chi connectivity index (χ3n) is 2.02. The highest BCUT2D eigenvalue weighted by Gasteiger charge is 2.12. The van der Waals surface area contributed by atoms with E-state index >= 15 is 0 Å². The van der Waals surface area contributed by atoms with E-state index in [2.05, 4.69) is 25.9 Å². The molecule has 82 valence electrons. The molecular weight excluding hydrogens is 280 g/mol. The average molecular weight is 286 g/mol. The number of nitrogens with two attached hydrogens (primary N) is 1. The van der Waals surface area contributed by atoms with Crippen molar-refractivity contribution in [1.29, 1.82) is 0 Å². The van der Waals surface area contributed by atoms with Crippen LogP contribution in [0.25, 0.3) is 11.1 Å². The SMILES string of the molecule is Nc1ncc(-c2ccc(F)c(Br)c2F)cn1. The maximum atomic E-state index is 13.7. The van der Waals surface area contributed by atoms with Gasteiger partial charge in [-0.3, -0.25) is 0 Å². The van der Waals surface area contributed by atoms with E-state index in [0.29, 0.717) is 5.56 Å². The monoisotopic (exact) mass is 285 g/mol. The third-order valence-corrected chi connectivity index (χ3v) is 2.74. The van der Waals surface area contributed by atoms with E-state index in [4.69, 9.17) is 5.73 Å². The van der Waals surface area contributed by atoms with E-state index in [1.807, 2.05) is 0 Å². The zero-order valence-corrected chi connectivity index (χ0v) is 9.50. The minimum absolute atomic E-state index is 0.102. The van der Waals surface area contributed by atoms with Crippen LogP contribution in [0.15, 0.2) is 29.0 Å². The van der Waals surface area contributed by atoms with Crippen molar-refractivity contribution < 1.29 is 8.78 Å². The fourth-order valence-electron chi connectivity index (χ4n) is 1.23. The second kappa shape index (κ2) is 4.13. The Morgan fingerprint density at radius 2 is 1.75 bits per heavy atom. The Bertz CT molecular complexity index is 528.